The van der Waals surface area contributed by atoms with Gasteiger partial charge in [-0.25, -0.2) is 0 Å². The van der Waals surface area contributed by atoms with Gasteiger partial charge in [0.15, 0.2) is 0 Å². The first-order valence-corrected chi connectivity index (χ1v) is 7.72. The number of rotatable bonds is 2. The molecule has 0 radical (unpaired) electrons. The highest BCUT2D eigenvalue weighted by molar-refractivity contribution is 5.37. The number of benzene rings is 1. The van der Waals surface area contributed by atoms with E-state index >= 15 is 0 Å². The summed E-state index contributed by atoms with van der Waals surface area (Å²) >= 11 is 0. The van der Waals surface area contributed by atoms with Crippen LogP contribution in [0.1, 0.15) is 42.5 Å². The topological polar surface area (TPSA) is 23.5 Å². The molecule has 2 heteroatoms. The van der Waals surface area contributed by atoms with Gasteiger partial charge in [-0.2, -0.15) is 0 Å². The number of aryl methyl sites for hydroxylation is 3. The van der Waals surface area contributed by atoms with Gasteiger partial charge in [-0.3, -0.25) is 0 Å². The maximum atomic E-state index is 11.1. The average Bonchev–Trinajstić information content (AvgIpc) is 2.34. The van der Waals surface area contributed by atoms with Crippen LogP contribution in [0.3, 0.4) is 0 Å². The van der Waals surface area contributed by atoms with Crippen LogP contribution in [0.2, 0.25) is 0 Å². The molecule has 1 fully saturated rings. The summed E-state index contributed by atoms with van der Waals surface area (Å²) in [6.45, 7) is 11.8. The van der Waals surface area contributed by atoms with Crippen LogP contribution < -0.4 is 0 Å². The molecule has 20 heavy (non-hydrogen) atoms. The molecule has 0 bridgehead atoms. The summed E-state index contributed by atoms with van der Waals surface area (Å²) in [5.41, 5.74) is 4.70. The number of aliphatic hydroxyl groups is 1. The van der Waals surface area contributed by atoms with E-state index in [-0.39, 0.29) is 0 Å². The molecule has 0 aliphatic carbocycles. The van der Waals surface area contributed by atoms with E-state index in [2.05, 4.69) is 58.7 Å². The zero-order valence-electron chi connectivity index (χ0n) is 13.8. The van der Waals surface area contributed by atoms with Crippen molar-refractivity contribution < 1.29 is 5.11 Å². The Morgan fingerprint density at radius 3 is 2.40 bits per heavy atom. The zero-order valence-corrected chi connectivity index (χ0v) is 13.8. The van der Waals surface area contributed by atoms with E-state index < -0.39 is 5.60 Å². The second-order valence-electron chi connectivity index (χ2n) is 7.04. The molecule has 2 rings (SSSR count). The van der Waals surface area contributed by atoms with E-state index in [0.717, 1.165) is 19.4 Å². The lowest BCUT2D eigenvalue weighted by Gasteiger charge is -2.46. The average molecular weight is 275 g/mol. The predicted molar refractivity (Wildman–Crippen MR) is 85.2 cm³/mol. The Bertz CT molecular complexity index is 496. The number of hydrogen-bond acceptors (Lipinski definition) is 2. The van der Waals surface area contributed by atoms with Crippen molar-refractivity contribution in [1.82, 2.24) is 4.90 Å². The van der Waals surface area contributed by atoms with Crippen LogP contribution >= 0.6 is 0 Å². The van der Waals surface area contributed by atoms with Crippen molar-refractivity contribution in [3.8, 4) is 0 Å². The molecule has 0 amide bonds. The molecule has 1 aromatic carbocycles. The molecule has 1 heterocycles. The van der Waals surface area contributed by atoms with Gasteiger partial charge in [0, 0.05) is 19.0 Å². The van der Waals surface area contributed by atoms with Gasteiger partial charge < -0.3 is 10.0 Å². The van der Waals surface area contributed by atoms with Crippen molar-refractivity contribution in [2.75, 3.05) is 13.6 Å². The summed E-state index contributed by atoms with van der Waals surface area (Å²) in [5.74, 6) is 0.310. The third-order valence-corrected chi connectivity index (χ3v) is 5.33. The quantitative estimate of drug-likeness (QED) is 0.895. The molecule has 2 nitrogen and oxygen atoms in total. The van der Waals surface area contributed by atoms with Crippen LogP contribution in [0.25, 0.3) is 0 Å². The summed E-state index contributed by atoms with van der Waals surface area (Å²) in [6.07, 6.45) is 1.64. The molecule has 3 atom stereocenters. The molecule has 1 saturated heterocycles. The van der Waals surface area contributed by atoms with E-state index in [1.54, 1.807) is 0 Å². The second-order valence-corrected chi connectivity index (χ2v) is 7.04. The Labute approximate surface area is 123 Å². The predicted octanol–water partition coefficient (Wildman–Crippen LogP) is 3.25. The number of piperidine rings is 1. The highest BCUT2D eigenvalue weighted by Gasteiger charge is 2.41. The Balaban J connectivity index is 2.26. The largest absolute Gasteiger partial charge is 0.389 e. The molecule has 1 aliphatic rings. The summed E-state index contributed by atoms with van der Waals surface area (Å²) in [6, 6.07) is 4.96. The van der Waals surface area contributed by atoms with Crippen LogP contribution in [0, 0.1) is 26.7 Å². The molecule has 0 unspecified atom stereocenters. The molecule has 0 aromatic heterocycles. The lowest BCUT2D eigenvalue weighted by molar-refractivity contribution is -0.0779. The minimum atomic E-state index is -0.571. The second kappa shape index (κ2) is 5.50. The molecular weight excluding hydrogens is 246 g/mol. The first kappa shape index (κ1) is 15.5. The number of nitrogens with zero attached hydrogens (tertiary/aromatic N) is 1. The monoisotopic (exact) mass is 275 g/mol. The standard InChI is InChI=1S/C18H29NO/c1-12-7-14(3)17(8-13(12)2)10-18(20)9-16(5)19(6)11-15(18)4/h7-8,15-16,20H,9-11H2,1-6H3/t15-,16+,18-/m1/s1. The fourth-order valence-corrected chi connectivity index (χ4v) is 3.44. The van der Waals surface area contributed by atoms with Gasteiger partial charge in [-0.05, 0) is 69.3 Å². The highest BCUT2D eigenvalue weighted by atomic mass is 16.3. The van der Waals surface area contributed by atoms with Gasteiger partial charge in [-0.1, -0.05) is 19.1 Å². The Kier molecular flexibility index (Phi) is 4.27. The summed E-state index contributed by atoms with van der Waals surface area (Å²) in [5, 5.41) is 11.1. The molecule has 1 aliphatic heterocycles. The van der Waals surface area contributed by atoms with E-state index in [9.17, 15) is 5.11 Å². The van der Waals surface area contributed by atoms with E-state index in [1.807, 2.05) is 0 Å². The molecule has 0 spiro atoms. The van der Waals surface area contributed by atoms with Crippen molar-refractivity contribution >= 4 is 0 Å². The zero-order chi connectivity index (χ0) is 15.1. The first-order valence-electron chi connectivity index (χ1n) is 7.72. The van der Waals surface area contributed by atoms with Crippen LogP contribution in [0.15, 0.2) is 12.1 Å². The molecule has 112 valence electrons. The normalized spacial score (nSPS) is 31.6. The van der Waals surface area contributed by atoms with E-state index in [1.165, 1.54) is 22.3 Å². The van der Waals surface area contributed by atoms with Gasteiger partial charge in [-0.15, -0.1) is 0 Å². The number of likely N-dealkylation sites (tertiary alicyclic amines) is 1. The third kappa shape index (κ3) is 2.91. The summed E-state index contributed by atoms with van der Waals surface area (Å²) < 4.78 is 0. The molecule has 1 N–H and O–H groups in total. The molecule has 0 saturated carbocycles. The molecular formula is C18H29NO. The van der Waals surface area contributed by atoms with Crippen molar-refractivity contribution in [2.45, 2.75) is 59.1 Å². The van der Waals surface area contributed by atoms with Gasteiger partial charge in [0.2, 0.25) is 0 Å². The lowest BCUT2D eigenvalue weighted by Crippen LogP contribution is -2.54. The van der Waals surface area contributed by atoms with Crippen LogP contribution in [-0.2, 0) is 6.42 Å². The van der Waals surface area contributed by atoms with Gasteiger partial charge >= 0.3 is 0 Å². The first-order chi connectivity index (χ1) is 9.23. The van der Waals surface area contributed by atoms with Gasteiger partial charge in [0.05, 0.1) is 5.60 Å². The van der Waals surface area contributed by atoms with Crippen LogP contribution in [-0.4, -0.2) is 35.2 Å². The van der Waals surface area contributed by atoms with E-state index in [4.69, 9.17) is 0 Å². The lowest BCUT2D eigenvalue weighted by atomic mass is 9.74. The Morgan fingerprint density at radius 2 is 1.75 bits per heavy atom. The van der Waals surface area contributed by atoms with Crippen molar-refractivity contribution in [1.29, 1.82) is 0 Å². The highest BCUT2D eigenvalue weighted by Crippen LogP contribution is 2.34. The third-order valence-electron chi connectivity index (χ3n) is 5.33. The fourth-order valence-electron chi connectivity index (χ4n) is 3.44. The van der Waals surface area contributed by atoms with E-state index in [0.29, 0.717) is 12.0 Å². The van der Waals surface area contributed by atoms with Gasteiger partial charge in [0.25, 0.3) is 0 Å². The number of hydrogen-bond donors (Lipinski definition) is 1. The maximum Gasteiger partial charge on any atom is 0.0740 e. The molecule has 1 aromatic rings. The minimum absolute atomic E-state index is 0.310. The van der Waals surface area contributed by atoms with Crippen LogP contribution in [0.4, 0.5) is 0 Å². The Hall–Kier alpha value is -0.860. The fraction of sp³-hybridized carbons (Fsp3) is 0.667. The minimum Gasteiger partial charge on any atom is -0.389 e. The smallest absolute Gasteiger partial charge is 0.0740 e. The Morgan fingerprint density at radius 1 is 1.15 bits per heavy atom. The maximum absolute atomic E-state index is 11.1. The van der Waals surface area contributed by atoms with Crippen molar-refractivity contribution in [3.63, 3.8) is 0 Å². The van der Waals surface area contributed by atoms with Crippen molar-refractivity contribution in [3.05, 3.63) is 34.4 Å². The van der Waals surface area contributed by atoms with Crippen LogP contribution in [0.5, 0.6) is 0 Å². The summed E-state index contributed by atoms with van der Waals surface area (Å²) in [7, 11) is 2.15. The SMILES string of the molecule is Cc1cc(C)c(C[C@]2(O)C[C@H](C)N(C)C[C@H]2C)cc1C. The summed E-state index contributed by atoms with van der Waals surface area (Å²) in [4.78, 5) is 2.35. The van der Waals surface area contributed by atoms with Gasteiger partial charge in [0.1, 0.15) is 0 Å². The van der Waals surface area contributed by atoms with Crippen molar-refractivity contribution in [2.24, 2.45) is 5.92 Å².